The van der Waals surface area contributed by atoms with E-state index in [9.17, 15) is 14.4 Å². The van der Waals surface area contributed by atoms with E-state index < -0.39 is 17.5 Å². The zero-order valence-corrected chi connectivity index (χ0v) is 8.79. The van der Waals surface area contributed by atoms with Gasteiger partial charge in [-0.05, 0) is 24.6 Å². The molecule has 0 aliphatic heterocycles. The Hall–Kier alpha value is -2.17. The minimum absolute atomic E-state index is 0.170. The third-order valence-electron chi connectivity index (χ3n) is 2.43. The number of carbonyl (C=O) groups excluding carboxylic acids is 3. The van der Waals surface area contributed by atoms with Crippen molar-refractivity contribution < 1.29 is 19.1 Å². The summed E-state index contributed by atoms with van der Waals surface area (Å²) in [6.45, 7) is 1.70. The highest BCUT2D eigenvalue weighted by molar-refractivity contribution is 6.50. The highest BCUT2D eigenvalue weighted by Crippen LogP contribution is 2.25. The Bertz CT molecular complexity index is 536. The van der Waals surface area contributed by atoms with Crippen LogP contribution in [0.15, 0.2) is 12.1 Å². The Morgan fingerprint density at radius 2 is 2.06 bits per heavy atom. The van der Waals surface area contributed by atoms with Gasteiger partial charge in [0.05, 0.1) is 18.4 Å². The van der Waals surface area contributed by atoms with Crippen LogP contribution in [0.5, 0.6) is 0 Å². The molecule has 0 fully saturated rings. The van der Waals surface area contributed by atoms with Gasteiger partial charge in [-0.3, -0.25) is 9.59 Å². The maximum atomic E-state index is 11.5. The number of nitrogens with one attached hydrogen (secondary N) is 1. The van der Waals surface area contributed by atoms with Crippen LogP contribution in [-0.2, 0) is 9.53 Å². The van der Waals surface area contributed by atoms with Gasteiger partial charge in [-0.15, -0.1) is 0 Å². The molecule has 0 amide bonds. The van der Waals surface area contributed by atoms with Crippen LogP contribution in [0.1, 0.15) is 33.5 Å². The molecule has 1 aromatic rings. The van der Waals surface area contributed by atoms with Crippen LogP contribution in [0.4, 0.5) is 0 Å². The smallest absolute Gasteiger partial charge is 0.354 e. The molecule has 0 aromatic carbocycles. The van der Waals surface area contributed by atoms with Crippen LogP contribution in [0.2, 0.25) is 0 Å². The first-order valence-corrected chi connectivity index (χ1v) is 4.63. The number of rotatable bonds is 1. The Labute approximate surface area is 91.1 Å². The molecule has 0 spiro atoms. The average molecular weight is 219 g/mol. The first kappa shape index (κ1) is 10.4. The fraction of sp³-hybridized carbons (Fsp3) is 0.182. The zero-order valence-electron chi connectivity index (χ0n) is 8.79. The number of ether oxygens (including phenoxy) is 1. The molecule has 0 saturated carbocycles. The Kier molecular flexibility index (Phi) is 2.23. The van der Waals surface area contributed by atoms with Crippen molar-refractivity contribution in [2.75, 3.05) is 7.11 Å². The van der Waals surface area contributed by atoms with E-state index in [1.807, 2.05) is 0 Å². The van der Waals surface area contributed by atoms with Crippen LogP contribution in [0.25, 0.3) is 5.57 Å². The summed E-state index contributed by atoms with van der Waals surface area (Å²) in [6.07, 6.45) is 1.25. The molecule has 5 heteroatoms. The van der Waals surface area contributed by atoms with Gasteiger partial charge in [-0.25, -0.2) is 4.79 Å². The molecule has 1 N–H and O–H groups in total. The number of aromatic nitrogens is 1. The SMILES string of the molecule is COC(=O)c1cc2c([nH]1)C(C)=CC(=O)C2=O. The summed E-state index contributed by atoms with van der Waals surface area (Å²) in [5.41, 5.74) is 1.54. The second kappa shape index (κ2) is 3.44. The number of methoxy groups -OCH3 is 1. The molecule has 82 valence electrons. The maximum Gasteiger partial charge on any atom is 0.354 e. The van der Waals surface area contributed by atoms with E-state index in [2.05, 4.69) is 9.72 Å². The molecule has 0 bridgehead atoms. The number of esters is 1. The second-order valence-electron chi connectivity index (χ2n) is 3.48. The van der Waals surface area contributed by atoms with Crippen LogP contribution < -0.4 is 0 Å². The molecule has 1 aliphatic rings. The number of allylic oxidation sites excluding steroid dienone is 2. The molecule has 1 aromatic heterocycles. The Morgan fingerprint density at radius 1 is 1.38 bits per heavy atom. The maximum absolute atomic E-state index is 11.5. The largest absolute Gasteiger partial charge is 0.464 e. The van der Waals surface area contributed by atoms with Crippen molar-refractivity contribution in [3.05, 3.63) is 29.1 Å². The van der Waals surface area contributed by atoms with Gasteiger partial charge in [0.2, 0.25) is 11.6 Å². The first-order chi connectivity index (χ1) is 7.54. The predicted molar refractivity (Wildman–Crippen MR) is 55.1 cm³/mol. The molecular formula is C11H9NO4. The van der Waals surface area contributed by atoms with E-state index in [1.165, 1.54) is 19.3 Å². The molecule has 0 atom stereocenters. The lowest BCUT2D eigenvalue weighted by molar-refractivity contribution is -0.111. The molecule has 0 radical (unpaired) electrons. The van der Waals surface area contributed by atoms with Gasteiger partial charge in [-0.2, -0.15) is 0 Å². The molecular weight excluding hydrogens is 210 g/mol. The number of ketones is 2. The second-order valence-corrected chi connectivity index (χ2v) is 3.48. The number of hydrogen-bond acceptors (Lipinski definition) is 4. The van der Waals surface area contributed by atoms with Crippen molar-refractivity contribution >= 4 is 23.1 Å². The van der Waals surface area contributed by atoms with Crippen molar-refractivity contribution in [2.45, 2.75) is 6.92 Å². The van der Waals surface area contributed by atoms with Crippen LogP contribution in [0.3, 0.4) is 0 Å². The molecule has 1 heterocycles. The summed E-state index contributed by atoms with van der Waals surface area (Å²) in [4.78, 5) is 36.8. The zero-order chi connectivity index (χ0) is 11.9. The van der Waals surface area contributed by atoms with Gasteiger partial charge in [0.25, 0.3) is 0 Å². The van der Waals surface area contributed by atoms with Gasteiger partial charge in [-0.1, -0.05) is 0 Å². The van der Waals surface area contributed by atoms with Crippen molar-refractivity contribution in [1.82, 2.24) is 4.98 Å². The Morgan fingerprint density at radius 3 is 2.69 bits per heavy atom. The number of fused-ring (bicyclic) bond motifs is 1. The van der Waals surface area contributed by atoms with Crippen LogP contribution in [-0.4, -0.2) is 29.6 Å². The van der Waals surface area contributed by atoms with Gasteiger partial charge >= 0.3 is 5.97 Å². The molecule has 5 nitrogen and oxygen atoms in total. The summed E-state index contributed by atoms with van der Waals surface area (Å²) < 4.78 is 4.53. The summed E-state index contributed by atoms with van der Waals surface area (Å²) in [7, 11) is 1.25. The lowest BCUT2D eigenvalue weighted by Crippen LogP contribution is -2.16. The summed E-state index contributed by atoms with van der Waals surface area (Å²) >= 11 is 0. The van der Waals surface area contributed by atoms with Crippen LogP contribution >= 0.6 is 0 Å². The van der Waals surface area contributed by atoms with Crippen molar-refractivity contribution in [2.24, 2.45) is 0 Å². The molecule has 0 unspecified atom stereocenters. The monoisotopic (exact) mass is 219 g/mol. The van der Waals surface area contributed by atoms with Crippen molar-refractivity contribution in [3.63, 3.8) is 0 Å². The van der Waals surface area contributed by atoms with Crippen molar-refractivity contribution in [1.29, 1.82) is 0 Å². The highest BCUT2D eigenvalue weighted by Gasteiger charge is 2.27. The van der Waals surface area contributed by atoms with Gasteiger partial charge in [0, 0.05) is 0 Å². The fourth-order valence-corrected chi connectivity index (χ4v) is 1.63. The third-order valence-corrected chi connectivity index (χ3v) is 2.43. The minimum atomic E-state index is -0.605. The van der Waals surface area contributed by atoms with Crippen molar-refractivity contribution in [3.8, 4) is 0 Å². The summed E-state index contributed by atoms with van der Waals surface area (Å²) in [5, 5.41) is 0. The lowest BCUT2D eigenvalue weighted by Gasteiger charge is -2.06. The molecule has 16 heavy (non-hydrogen) atoms. The van der Waals surface area contributed by atoms with E-state index >= 15 is 0 Å². The first-order valence-electron chi connectivity index (χ1n) is 4.63. The topological polar surface area (TPSA) is 76.2 Å². The number of H-pyrrole nitrogens is 1. The molecule has 0 saturated heterocycles. The van der Waals surface area contributed by atoms with Gasteiger partial charge in [0.1, 0.15) is 5.69 Å². The summed E-state index contributed by atoms with van der Waals surface area (Å²) in [5.74, 6) is -1.74. The lowest BCUT2D eigenvalue weighted by atomic mass is 9.96. The van der Waals surface area contributed by atoms with Gasteiger partial charge < -0.3 is 9.72 Å². The third kappa shape index (κ3) is 1.37. The number of hydrogen-bond donors (Lipinski definition) is 1. The normalized spacial score (nSPS) is 14.5. The van der Waals surface area contributed by atoms with E-state index in [1.54, 1.807) is 6.92 Å². The van der Waals surface area contributed by atoms with Crippen LogP contribution in [0, 0.1) is 0 Å². The van der Waals surface area contributed by atoms with Gasteiger partial charge in [0.15, 0.2) is 0 Å². The predicted octanol–water partition coefficient (Wildman–Crippen LogP) is 0.970. The summed E-state index contributed by atoms with van der Waals surface area (Å²) in [6, 6.07) is 1.35. The highest BCUT2D eigenvalue weighted by atomic mass is 16.5. The van der Waals surface area contributed by atoms with E-state index in [-0.39, 0.29) is 11.3 Å². The standard InChI is InChI=1S/C11H9NO4/c1-5-3-8(13)10(14)6-4-7(11(15)16-2)12-9(5)6/h3-4,12H,1-2H3. The van der Waals surface area contributed by atoms with E-state index in [0.29, 0.717) is 11.3 Å². The average Bonchev–Trinajstić information content (AvgIpc) is 2.70. The molecule has 1 aliphatic carbocycles. The minimum Gasteiger partial charge on any atom is -0.464 e. The number of carbonyl (C=O) groups is 3. The molecule has 2 rings (SSSR count). The number of aromatic amines is 1. The Balaban J connectivity index is 2.57. The van der Waals surface area contributed by atoms with E-state index in [0.717, 1.165) is 0 Å². The quantitative estimate of drug-likeness (QED) is 0.564. The van der Waals surface area contributed by atoms with E-state index in [4.69, 9.17) is 0 Å². The fourth-order valence-electron chi connectivity index (χ4n) is 1.63. The number of Topliss-reactive ketones (excluding diaryl/α,β-unsaturated/α-hetero) is 1.